The highest BCUT2D eigenvalue weighted by Crippen LogP contribution is 2.31. The molecule has 3 heterocycles. The maximum absolute atomic E-state index is 15.9. The average Bonchev–Trinajstić information content (AvgIpc) is 2.99. The van der Waals surface area contributed by atoms with E-state index in [4.69, 9.17) is 0 Å². The highest BCUT2D eigenvalue weighted by atomic mass is 32.2. The first-order valence-corrected chi connectivity index (χ1v) is 15.8. The predicted octanol–water partition coefficient (Wildman–Crippen LogP) is 3.05. The van der Waals surface area contributed by atoms with Crippen LogP contribution in [-0.4, -0.2) is 77.1 Å². The minimum atomic E-state index is -3.96. The Morgan fingerprint density at radius 1 is 1.13 bits per heavy atom. The molecule has 5 rings (SSSR count). The fraction of sp³-hybridized carbons (Fsp3) is 0.300. The number of pyridine rings is 1. The van der Waals surface area contributed by atoms with Crippen molar-refractivity contribution in [2.24, 2.45) is 0 Å². The number of aromatic nitrogens is 3. The van der Waals surface area contributed by atoms with Gasteiger partial charge in [0.1, 0.15) is 17.1 Å². The Labute approximate surface area is 262 Å². The van der Waals surface area contributed by atoms with Crippen LogP contribution in [0.5, 0.6) is 0 Å². The predicted molar refractivity (Wildman–Crippen MR) is 167 cm³/mol. The zero-order valence-corrected chi connectivity index (χ0v) is 25.9. The summed E-state index contributed by atoms with van der Waals surface area (Å²) in [6.07, 6.45) is 2.49. The van der Waals surface area contributed by atoms with Gasteiger partial charge in [0, 0.05) is 56.0 Å². The minimum absolute atomic E-state index is 0.0304. The van der Waals surface area contributed by atoms with Gasteiger partial charge in [0.05, 0.1) is 22.3 Å². The van der Waals surface area contributed by atoms with E-state index < -0.39 is 38.6 Å². The summed E-state index contributed by atoms with van der Waals surface area (Å²) in [6, 6.07) is 7.77. The molecule has 1 fully saturated rings. The van der Waals surface area contributed by atoms with E-state index in [-0.39, 0.29) is 72.1 Å². The molecule has 0 radical (unpaired) electrons. The van der Waals surface area contributed by atoms with Gasteiger partial charge >= 0.3 is 5.97 Å². The third-order valence-corrected chi connectivity index (χ3v) is 9.04. The number of aryl methyl sites for hydroxylation is 2. The normalized spacial score (nSPS) is 15.6. The van der Waals surface area contributed by atoms with E-state index in [0.717, 1.165) is 12.3 Å². The molecule has 242 valence electrons. The van der Waals surface area contributed by atoms with Crippen LogP contribution in [0.15, 0.2) is 58.5 Å². The summed E-state index contributed by atoms with van der Waals surface area (Å²) < 4.78 is 60.2. The van der Waals surface area contributed by atoms with Crippen LogP contribution < -0.4 is 20.4 Å². The first-order chi connectivity index (χ1) is 21.8. The number of rotatable bonds is 9. The van der Waals surface area contributed by atoms with Crippen molar-refractivity contribution < 1.29 is 31.9 Å². The van der Waals surface area contributed by atoms with Crippen molar-refractivity contribution in [1.82, 2.24) is 19.4 Å². The highest BCUT2D eigenvalue weighted by molar-refractivity contribution is 7.92. The molecule has 1 unspecified atom stereocenters. The van der Waals surface area contributed by atoms with Crippen molar-refractivity contribution in [1.29, 1.82) is 0 Å². The van der Waals surface area contributed by atoms with Gasteiger partial charge in [0.2, 0.25) is 17.3 Å². The van der Waals surface area contributed by atoms with Gasteiger partial charge in [-0.1, -0.05) is 0 Å². The standard InChI is InChI=1S/C30H31F2N7O6S/c1-4-37-15-22(29(42)43)28(41)21-13-23(31)27(25(32)26(21)37)39-12-11-38(18(3)14-39)16-24(40)35-19-5-7-20(8-6-19)46(44,45)36-30-33-10-9-17(2)34-30/h5-10,13,15,18H,4,11-12,14,16H2,1-3H3,(H,35,40)(H,42,43)(H,33,34,36). The number of benzene rings is 2. The average molecular weight is 656 g/mol. The monoisotopic (exact) mass is 655 g/mol. The molecule has 1 aliphatic rings. The number of anilines is 3. The lowest BCUT2D eigenvalue weighted by atomic mass is 10.1. The number of carbonyl (C=O) groups is 2. The molecule has 13 nitrogen and oxygen atoms in total. The molecule has 46 heavy (non-hydrogen) atoms. The first kappa shape index (κ1) is 32.4. The van der Waals surface area contributed by atoms with Crippen molar-refractivity contribution in [3.8, 4) is 0 Å². The van der Waals surface area contributed by atoms with Crippen LogP contribution in [0.25, 0.3) is 10.9 Å². The molecule has 2 aromatic heterocycles. The quantitative estimate of drug-likeness (QED) is 0.244. The van der Waals surface area contributed by atoms with Crippen LogP contribution in [0.4, 0.5) is 26.1 Å². The number of carboxylic acids is 1. The number of fused-ring (bicyclic) bond motifs is 1. The van der Waals surface area contributed by atoms with Crippen LogP contribution in [0.2, 0.25) is 0 Å². The summed E-state index contributed by atoms with van der Waals surface area (Å²) >= 11 is 0. The van der Waals surface area contributed by atoms with Gasteiger partial charge in [-0.05, 0) is 57.2 Å². The number of aromatic carboxylic acids is 1. The number of sulfonamides is 1. The van der Waals surface area contributed by atoms with E-state index in [1.165, 1.54) is 39.9 Å². The molecule has 3 N–H and O–H groups in total. The van der Waals surface area contributed by atoms with E-state index in [2.05, 4.69) is 20.0 Å². The third-order valence-electron chi connectivity index (χ3n) is 7.70. The van der Waals surface area contributed by atoms with E-state index in [0.29, 0.717) is 11.4 Å². The fourth-order valence-corrected chi connectivity index (χ4v) is 6.33. The van der Waals surface area contributed by atoms with E-state index >= 15 is 8.78 Å². The molecule has 0 saturated carbocycles. The lowest BCUT2D eigenvalue weighted by Crippen LogP contribution is -2.54. The van der Waals surface area contributed by atoms with Crippen molar-refractivity contribution in [2.75, 3.05) is 41.1 Å². The van der Waals surface area contributed by atoms with E-state index in [1.54, 1.807) is 19.9 Å². The SMILES string of the molecule is CCn1cc(C(=O)O)c(=O)c2cc(F)c(N3CCN(CC(=O)Nc4ccc(S(=O)(=O)Nc5nccc(C)n5)cc4)C(C)C3)c(F)c21. The molecule has 16 heteroatoms. The number of hydrogen-bond acceptors (Lipinski definition) is 9. The van der Waals surface area contributed by atoms with E-state index in [1.807, 2.05) is 11.8 Å². The van der Waals surface area contributed by atoms with Crippen LogP contribution >= 0.6 is 0 Å². The molecule has 1 atom stereocenters. The summed E-state index contributed by atoms with van der Waals surface area (Å²) in [5.74, 6) is -3.87. The molecule has 2 aromatic carbocycles. The lowest BCUT2D eigenvalue weighted by molar-refractivity contribution is -0.117. The van der Waals surface area contributed by atoms with Crippen LogP contribution in [-0.2, 0) is 21.4 Å². The Bertz CT molecular complexity index is 2000. The molecule has 1 saturated heterocycles. The number of amides is 1. The van der Waals surface area contributed by atoms with Gasteiger partial charge in [-0.3, -0.25) is 14.5 Å². The highest BCUT2D eigenvalue weighted by Gasteiger charge is 2.31. The number of nitrogens with zero attached hydrogens (tertiary/aromatic N) is 5. The summed E-state index contributed by atoms with van der Waals surface area (Å²) in [7, 11) is -3.96. The largest absolute Gasteiger partial charge is 0.477 e. The zero-order valence-electron chi connectivity index (χ0n) is 25.1. The third kappa shape index (κ3) is 6.53. The second kappa shape index (κ2) is 12.8. The van der Waals surface area contributed by atoms with Gasteiger partial charge in [-0.25, -0.2) is 36.7 Å². The Morgan fingerprint density at radius 3 is 2.48 bits per heavy atom. The van der Waals surface area contributed by atoms with Crippen molar-refractivity contribution in [3.05, 3.63) is 81.9 Å². The topological polar surface area (TPSA) is 167 Å². The molecular weight excluding hydrogens is 624 g/mol. The molecule has 0 bridgehead atoms. The smallest absolute Gasteiger partial charge is 0.341 e. The van der Waals surface area contributed by atoms with Gasteiger partial charge in [0.25, 0.3) is 10.0 Å². The second-order valence-corrected chi connectivity index (χ2v) is 12.5. The zero-order chi connectivity index (χ0) is 33.3. The maximum atomic E-state index is 15.9. The summed E-state index contributed by atoms with van der Waals surface area (Å²) in [4.78, 5) is 48.3. The summed E-state index contributed by atoms with van der Waals surface area (Å²) in [5.41, 5.74) is -1.09. The maximum Gasteiger partial charge on any atom is 0.341 e. The number of halogens is 2. The summed E-state index contributed by atoms with van der Waals surface area (Å²) in [5, 5.41) is 11.7. The number of nitrogens with one attached hydrogen (secondary N) is 2. The number of piperazine rings is 1. The minimum Gasteiger partial charge on any atom is -0.477 e. The molecule has 0 spiro atoms. The van der Waals surface area contributed by atoms with Crippen molar-refractivity contribution in [2.45, 2.75) is 38.3 Å². The van der Waals surface area contributed by atoms with Gasteiger partial charge in [-0.2, -0.15) is 0 Å². The fourth-order valence-electron chi connectivity index (χ4n) is 5.38. The Hall–Kier alpha value is -4.96. The molecular formula is C30H31F2N7O6S. The Morgan fingerprint density at radius 2 is 1.85 bits per heavy atom. The van der Waals surface area contributed by atoms with Crippen LogP contribution in [0, 0.1) is 18.6 Å². The van der Waals surface area contributed by atoms with Gasteiger partial charge in [0.15, 0.2) is 5.82 Å². The molecule has 0 aliphatic carbocycles. The number of hydrogen-bond donors (Lipinski definition) is 3. The van der Waals surface area contributed by atoms with Crippen LogP contribution in [0.3, 0.4) is 0 Å². The van der Waals surface area contributed by atoms with Crippen molar-refractivity contribution >= 4 is 50.1 Å². The number of carbonyl (C=O) groups excluding carboxylic acids is 1. The van der Waals surface area contributed by atoms with Gasteiger partial charge in [-0.15, -0.1) is 0 Å². The lowest BCUT2D eigenvalue weighted by Gasteiger charge is -2.40. The summed E-state index contributed by atoms with van der Waals surface area (Å²) in [6.45, 7) is 5.91. The first-order valence-electron chi connectivity index (χ1n) is 14.3. The second-order valence-electron chi connectivity index (χ2n) is 10.8. The van der Waals surface area contributed by atoms with Crippen LogP contribution in [0.1, 0.15) is 29.9 Å². The Kier molecular flexibility index (Phi) is 9.03. The van der Waals surface area contributed by atoms with Gasteiger partial charge < -0.3 is 19.9 Å². The molecule has 1 aliphatic heterocycles. The molecule has 4 aromatic rings. The van der Waals surface area contributed by atoms with Crippen molar-refractivity contribution in [3.63, 3.8) is 0 Å². The molecule has 1 amide bonds. The number of carboxylic acid groups (broad SMARTS) is 1. The van der Waals surface area contributed by atoms with E-state index in [9.17, 15) is 27.9 Å². The Balaban J connectivity index is 1.25.